The van der Waals surface area contributed by atoms with Gasteiger partial charge in [0.05, 0.1) is 17.7 Å². The van der Waals surface area contributed by atoms with E-state index in [9.17, 15) is 18.0 Å². The number of hydrogen-bond acceptors (Lipinski definition) is 5. The lowest BCUT2D eigenvalue weighted by atomic mass is 10.1. The monoisotopic (exact) mass is 551 g/mol. The Morgan fingerprint density at radius 3 is 2.03 bits per heavy atom. The van der Waals surface area contributed by atoms with Gasteiger partial charge >= 0.3 is 0 Å². The van der Waals surface area contributed by atoms with Crippen molar-refractivity contribution in [3.8, 4) is 5.75 Å². The third kappa shape index (κ3) is 7.83. The number of ether oxygens (including phenoxy) is 1. The van der Waals surface area contributed by atoms with E-state index < -0.39 is 28.5 Å². The van der Waals surface area contributed by atoms with Crippen LogP contribution in [0.15, 0.2) is 89.8 Å². The fourth-order valence-electron chi connectivity index (χ4n) is 4.27. The molecule has 3 rings (SSSR count). The number of methoxy groups -OCH3 is 1. The van der Waals surface area contributed by atoms with Crippen LogP contribution in [0.25, 0.3) is 0 Å². The average Bonchev–Trinajstić information content (AvgIpc) is 2.94. The molecule has 0 heterocycles. The first-order chi connectivity index (χ1) is 18.7. The molecular formula is C30H37N3O5S. The summed E-state index contributed by atoms with van der Waals surface area (Å²) in [4.78, 5) is 28.7. The average molecular weight is 552 g/mol. The lowest BCUT2D eigenvalue weighted by Crippen LogP contribution is -2.54. The molecule has 3 aromatic rings. The molecule has 0 saturated carbocycles. The van der Waals surface area contributed by atoms with Crippen molar-refractivity contribution in [2.24, 2.45) is 0 Å². The van der Waals surface area contributed by atoms with Crippen LogP contribution in [0.4, 0.5) is 5.69 Å². The second kappa shape index (κ2) is 13.8. The van der Waals surface area contributed by atoms with Crippen LogP contribution >= 0.6 is 0 Å². The maximum absolute atomic E-state index is 14.0. The van der Waals surface area contributed by atoms with Crippen molar-refractivity contribution >= 4 is 27.5 Å². The van der Waals surface area contributed by atoms with Crippen LogP contribution in [0.1, 0.15) is 32.8 Å². The summed E-state index contributed by atoms with van der Waals surface area (Å²) in [5.74, 6) is -0.175. The minimum atomic E-state index is -4.10. The van der Waals surface area contributed by atoms with Crippen LogP contribution in [-0.2, 0) is 26.0 Å². The van der Waals surface area contributed by atoms with Crippen LogP contribution in [0.2, 0.25) is 0 Å². The molecule has 0 saturated heterocycles. The third-order valence-corrected chi connectivity index (χ3v) is 8.06. The molecule has 208 valence electrons. The van der Waals surface area contributed by atoms with Gasteiger partial charge in [0.15, 0.2) is 0 Å². The second-order valence-electron chi connectivity index (χ2n) is 9.43. The Labute approximate surface area is 231 Å². The van der Waals surface area contributed by atoms with Gasteiger partial charge in [-0.2, -0.15) is 0 Å². The maximum Gasteiger partial charge on any atom is 0.264 e. The zero-order chi connectivity index (χ0) is 28.4. The Balaban J connectivity index is 2.00. The van der Waals surface area contributed by atoms with Crippen molar-refractivity contribution in [1.29, 1.82) is 0 Å². The second-order valence-corrected chi connectivity index (χ2v) is 11.3. The summed E-state index contributed by atoms with van der Waals surface area (Å²) in [5.41, 5.74) is 1.33. The van der Waals surface area contributed by atoms with Gasteiger partial charge in [-0.25, -0.2) is 8.42 Å². The number of anilines is 1. The molecule has 0 spiro atoms. The Kier molecular flexibility index (Phi) is 10.5. The van der Waals surface area contributed by atoms with Crippen LogP contribution in [0.3, 0.4) is 0 Å². The molecule has 2 amide bonds. The molecule has 0 aliphatic rings. The first-order valence-electron chi connectivity index (χ1n) is 13.0. The number of amides is 2. The zero-order valence-electron chi connectivity index (χ0n) is 22.9. The van der Waals surface area contributed by atoms with Gasteiger partial charge in [-0.1, -0.05) is 55.5 Å². The highest BCUT2D eigenvalue weighted by atomic mass is 32.2. The van der Waals surface area contributed by atoms with E-state index in [2.05, 4.69) is 5.32 Å². The highest BCUT2D eigenvalue weighted by Gasteiger charge is 2.33. The van der Waals surface area contributed by atoms with Gasteiger partial charge < -0.3 is 15.0 Å². The van der Waals surface area contributed by atoms with E-state index in [1.807, 2.05) is 51.1 Å². The van der Waals surface area contributed by atoms with E-state index in [1.54, 1.807) is 42.5 Å². The quantitative estimate of drug-likeness (QED) is 0.342. The number of nitrogens with one attached hydrogen (secondary N) is 1. The van der Waals surface area contributed by atoms with E-state index in [-0.39, 0.29) is 23.4 Å². The Bertz CT molecular complexity index is 1310. The molecule has 0 radical (unpaired) electrons. The number of nitrogens with zero attached hydrogens (tertiary/aromatic N) is 2. The molecule has 39 heavy (non-hydrogen) atoms. The molecule has 9 heteroatoms. The maximum atomic E-state index is 14.0. The normalized spacial score (nSPS) is 12.0. The predicted molar refractivity (Wildman–Crippen MR) is 153 cm³/mol. The lowest BCUT2D eigenvalue weighted by Gasteiger charge is -2.33. The molecule has 8 nitrogen and oxygen atoms in total. The Hall–Kier alpha value is -3.85. The van der Waals surface area contributed by atoms with Gasteiger partial charge in [-0.05, 0) is 68.7 Å². The van der Waals surface area contributed by atoms with Crippen molar-refractivity contribution in [3.63, 3.8) is 0 Å². The molecule has 0 fully saturated rings. The van der Waals surface area contributed by atoms with Crippen molar-refractivity contribution in [1.82, 2.24) is 10.2 Å². The molecule has 1 atom stereocenters. The van der Waals surface area contributed by atoms with Gasteiger partial charge in [0.2, 0.25) is 11.8 Å². The molecule has 0 aliphatic heterocycles. The predicted octanol–water partition coefficient (Wildman–Crippen LogP) is 4.27. The van der Waals surface area contributed by atoms with E-state index in [0.717, 1.165) is 9.87 Å². The van der Waals surface area contributed by atoms with Crippen molar-refractivity contribution < 1.29 is 22.7 Å². The first-order valence-corrected chi connectivity index (χ1v) is 14.5. The highest BCUT2D eigenvalue weighted by Crippen LogP contribution is 2.26. The minimum Gasteiger partial charge on any atom is -0.497 e. The largest absolute Gasteiger partial charge is 0.497 e. The van der Waals surface area contributed by atoms with Crippen molar-refractivity contribution in [2.45, 2.75) is 50.6 Å². The first kappa shape index (κ1) is 29.7. The van der Waals surface area contributed by atoms with Crippen molar-refractivity contribution in [3.05, 3.63) is 90.5 Å². The summed E-state index contributed by atoms with van der Waals surface area (Å²) in [5, 5.41) is 2.90. The SMILES string of the molecule is CCC(C(=O)NC(C)C)N(CCc1ccccc1)C(=O)CN(c1ccc(OC)cc1)S(=O)(=O)c1ccccc1. The number of benzene rings is 3. The Morgan fingerprint density at radius 1 is 0.897 bits per heavy atom. The zero-order valence-corrected chi connectivity index (χ0v) is 23.7. The Morgan fingerprint density at radius 2 is 1.49 bits per heavy atom. The molecule has 1 unspecified atom stereocenters. The van der Waals surface area contributed by atoms with Crippen LogP contribution < -0.4 is 14.4 Å². The van der Waals surface area contributed by atoms with E-state index in [1.165, 1.54) is 24.1 Å². The van der Waals surface area contributed by atoms with Crippen LogP contribution in [0.5, 0.6) is 5.75 Å². The van der Waals surface area contributed by atoms with Crippen LogP contribution in [-0.4, -0.2) is 57.4 Å². The summed E-state index contributed by atoms with van der Waals surface area (Å²) in [6.07, 6.45) is 0.902. The fourth-order valence-corrected chi connectivity index (χ4v) is 5.71. The summed E-state index contributed by atoms with van der Waals surface area (Å²) in [6.45, 7) is 5.35. The van der Waals surface area contributed by atoms with Gasteiger partial charge in [0.25, 0.3) is 10.0 Å². The van der Waals surface area contributed by atoms with Crippen molar-refractivity contribution in [2.75, 3.05) is 24.5 Å². The van der Waals surface area contributed by atoms with E-state index in [0.29, 0.717) is 24.3 Å². The standard InChI is InChI=1S/C30H37N3O5S/c1-5-28(30(35)31-23(2)3)32(21-20-24-12-8-6-9-13-24)29(34)22-33(25-16-18-26(38-4)19-17-25)39(36,37)27-14-10-7-11-15-27/h6-19,23,28H,5,20-22H2,1-4H3,(H,31,35). The molecule has 1 N–H and O–H groups in total. The number of sulfonamides is 1. The summed E-state index contributed by atoms with van der Waals surface area (Å²) in [7, 11) is -2.57. The molecule has 0 aliphatic carbocycles. The van der Waals surface area contributed by atoms with Gasteiger partial charge in [-0.15, -0.1) is 0 Å². The van der Waals surface area contributed by atoms with Gasteiger partial charge in [0.1, 0.15) is 18.3 Å². The number of carbonyl (C=O) groups excluding carboxylic acids is 2. The third-order valence-electron chi connectivity index (χ3n) is 6.27. The molecule has 0 aromatic heterocycles. The van der Waals surface area contributed by atoms with Gasteiger partial charge in [-0.3, -0.25) is 13.9 Å². The number of carbonyl (C=O) groups is 2. The van der Waals surface area contributed by atoms with E-state index >= 15 is 0 Å². The number of rotatable bonds is 13. The smallest absolute Gasteiger partial charge is 0.264 e. The van der Waals surface area contributed by atoms with Gasteiger partial charge in [0, 0.05) is 12.6 Å². The lowest BCUT2D eigenvalue weighted by molar-refractivity contribution is -0.139. The molecule has 3 aromatic carbocycles. The van der Waals surface area contributed by atoms with E-state index in [4.69, 9.17) is 4.74 Å². The highest BCUT2D eigenvalue weighted by molar-refractivity contribution is 7.92. The summed E-state index contributed by atoms with van der Waals surface area (Å²) >= 11 is 0. The van der Waals surface area contributed by atoms with Crippen LogP contribution in [0, 0.1) is 0 Å². The number of hydrogen-bond donors (Lipinski definition) is 1. The molecule has 0 bridgehead atoms. The fraction of sp³-hybridized carbons (Fsp3) is 0.333. The summed E-state index contributed by atoms with van der Waals surface area (Å²) < 4.78 is 33.9. The summed E-state index contributed by atoms with van der Waals surface area (Å²) in [6, 6.07) is 23.3. The topological polar surface area (TPSA) is 96.0 Å². The molecular weight excluding hydrogens is 514 g/mol. The minimum absolute atomic E-state index is 0.0639.